The van der Waals surface area contributed by atoms with E-state index in [2.05, 4.69) is 22.1 Å². The Labute approximate surface area is 114 Å². The number of hydrogen-bond donors (Lipinski definition) is 0. The van der Waals surface area contributed by atoms with Crippen LogP contribution in [0.4, 0.5) is 0 Å². The molecule has 0 N–H and O–H groups in total. The molecule has 88 valence electrons. The predicted octanol–water partition coefficient (Wildman–Crippen LogP) is 4.14. The number of aromatic nitrogens is 2. The number of rotatable bonds is 4. The SMILES string of the molecule is CSc1nc(Cl)cc(SCc2ccccc2)n1. The van der Waals surface area contributed by atoms with Crippen LogP contribution in [-0.2, 0) is 5.75 Å². The maximum atomic E-state index is 5.93. The van der Waals surface area contributed by atoms with Crippen molar-refractivity contribution in [3.05, 3.63) is 47.1 Å². The molecule has 0 radical (unpaired) electrons. The van der Waals surface area contributed by atoms with Crippen molar-refractivity contribution in [1.29, 1.82) is 0 Å². The van der Waals surface area contributed by atoms with Crippen molar-refractivity contribution in [3.8, 4) is 0 Å². The summed E-state index contributed by atoms with van der Waals surface area (Å²) in [6, 6.07) is 12.1. The van der Waals surface area contributed by atoms with Crippen molar-refractivity contribution in [2.75, 3.05) is 6.26 Å². The Kier molecular flexibility index (Phi) is 4.71. The van der Waals surface area contributed by atoms with Gasteiger partial charge in [0.2, 0.25) is 0 Å². The number of thioether (sulfide) groups is 2. The van der Waals surface area contributed by atoms with Crippen molar-refractivity contribution in [2.45, 2.75) is 15.9 Å². The molecule has 0 fully saturated rings. The number of hydrogen-bond acceptors (Lipinski definition) is 4. The third-order valence-corrected chi connectivity index (χ3v) is 3.79. The fourth-order valence-electron chi connectivity index (χ4n) is 1.27. The molecular weight excluding hydrogens is 272 g/mol. The molecule has 1 aromatic heterocycles. The lowest BCUT2D eigenvalue weighted by Gasteiger charge is -2.03. The summed E-state index contributed by atoms with van der Waals surface area (Å²) in [5.41, 5.74) is 1.28. The molecule has 1 heterocycles. The first kappa shape index (κ1) is 12.7. The molecule has 0 aliphatic heterocycles. The normalized spacial score (nSPS) is 10.5. The van der Waals surface area contributed by atoms with Gasteiger partial charge in [0.25, 0.3) is 0 Å². The third-order valence-electron chi connectivity index (χ3n) is 2.06. The average Bonchev–Trinajstić information content (AvgIpc) is 2.37. The highest BCUT2D eigenvalue weighted by Crippen LogP contribution is 2.24. The highest BCUT2D eigenvalue weighted by atomic mass is 35.5. The van der Waals surface area contributed by atoms with E-state index in [1.165, 1.54) is 17.3 Å². The molecule has 0 saturated carbocycles. The first-order valence-corrected chi connectivity index (χ1v) is 7.62. The van der Waals surface area contributed by atoms with Gasteiger partial charge in [-0.25, -0.2) is 9.97 Å². The van der Waals surface area contributed by atoms with Crippen molar-refractivity contribution >= 4 is 35.1 Å². The van der Waals surface area contributed by atoms with Crippen LogP contribution in [0.2, 0.25) is 5.15 Å². The molecular formula is C12H11ClN2S2. The topological polar surface area (TPSA) is 25.8 Å². The lowest BCUT2D eigenvalue weighted by Crippen LogP contribution is -1.89. The van der Waals surface area contributed by atoms with E-state index in [-0.39, 0.29) is 0 Å². The van der Waals surface area contributed by atoms with Gasteiger partial charge in [-0.1, -0.05) is 53.7 Å². The Morgan fingerprint density at radius 2 is 1.94 bits per heavy atom. The summed E-state index contributed by atoms with van der Waals surface area (Å²) in [7, 11) is 0. The minimum atomic E-state index is 0.500. The standard InChI is InChI=1S/C12H11ClN2S2/c1-16-12-14-10(13)7-11(15-12)17-8-9-5-3-2-4-6-9/h2-7H,8H2,1H3. The second-order valence-electron chi connectivity index (χ2n) is 3.29. The number of halogens is 1. The quantitative estimate of drug-likeness (QED) is 0.478. The Hall–Kier alpha value is -0.710. The van der Waals surface area contributed by atoms with Crippen molar-refractivity contribution < 1.29 is 0 Å². The highest BCUT2D eigenvalue weighted by molar-refractivity contribution is 7.99. The molecule has 0 saturated heterocycles. The molecule has 2 nitrogen and oxygen atoms in total. The molecule has 2 aromatic rings. The van der Waals surface area contributed by atoms with E-state index in [9.17, 15) is 0 Å². The van der Waals surface area contributed by atoms with E-state index >= 15 is 0 Å². The molecule has 5 heteroatoms. The maximum Gasteiger partial charge on any atom is 0.189 e. The molecule has 0 aliphatic carbocycles. The van der Waals surface area contributed by atoms with E-state index in [1.54, 1.807) is 17.8 Å². The molecule has 0 atom stereocenters. The third kappa shape index (κ3) is 3.91. The van der Waals surface area contributed by atoms with Gasteiger partial charge in [0.15, 0.2) is 5.16 Å². The second kappa shape index (κ2) is 6.28. The number of nitrogens with zero attached hydrogens (tertiary/aromatic N) is 2. The Balaban J connectivity index is 2.06. The second-order valence-corrected chi connectivity index (χ2v) is 5.45. The van der Waals surface area contributed by atoms with Gasteiger partial charge < -0.3 is 0 Å². The first-order chi connectivity index (χ1) is 8.28. The minimum Gasteiger partial charge on any atom is -0.216 e. The zero-order valence-electron chi connectivity index (χ0n) is 9.26. The molecule has 2 rings (SSSR count). The monoisotopic (exact) mass is 282 g/mol. The van der Waals surface area contributed by atoms with Gasteiger partial charge >= 0.3 is 0 Å². The van der Waals surface area contributed by atoms with Gasteiger partial charge in [0.1, 0.15) is 10.2 Å². The van der Waals surface area contributed by atoms with E-state index in [1.807, 2.05) is 24.5 Å². The Morgan fingerprint density at radius 3 is 2.65 bits per heavy atom. The van der Waals surface area contributed by atoms with Gasteiger partial charge in [-0.2, -0.15) is 0 Å². The molecule has 0 unspecified atom stereocenters. The van der Waals surface area contributed by atoms with Crippen molar-refractivity contribution in [3.63, 3.8) is 0 Å². The average molecular weight is 283 g/mol. The van der Waals surface area contributed by atoms with Crippen LogP contribution >= 0.6 is 35.1 Å². The van der Waals surface area contributed by atoms with Crippen LogP contribution in [0.15, 0.2) is 46.6 Å². The number of benzene rings is 1. The van der Waals surface area contributed by atoms with Crippen LogP contribution in [0.1, 0.15) is 5.56 Å². The summed E-state index contributed by atoms with van der Waals surface area (Å²) in [6.07, 6.45) is 1.94. The largest absolute Gasteiger partial charge is 0.216 e. The van der Waals surface area contributed by atoms with E-state index < -0.39 is 0 Å². The van der Waals surface area contributed by atoms with Crippen molar-refractivity contribution in [2.24, 2.45) is 0 Å². The summed E-state index contributed by atoms with van der Waals surface area (Å²) in [6.45, 7) is 0. The van der Waals surface area contributed by atoms with Gasteiger partial charge in [-0.3, -0.25) is 0 Å². The van der Waals surface area contributed by atoms with Gasteiger partial charge in [0.05, 0.1) is 0 Å². The van der Waals surface area contributed by atoms with Crippen LogP contribution in [0.25, 0.3) is 0 Å². The van der Waals surface area contributed by atoms with Crippen LogP contribution < -0.4 is 0 Å². The van der Waals surface area contributed by atoms with Crippen molar-refractivity contribution in [1.82, 2.24) is 9.97 Å². The Morgan fingerprint density at radius 1 is 1.18 bits per heavy atom. The molecule has 0 aliphatic rings. The van der Waals surface area contributed by atoms with E-state index in [4.69, 9.17) is 11.6 Å². The summed E-state index contributed by atoms with van der Waals surface area (Å²) in [5, 5.41) is 2.13. The fourth-order valence-corrected chi connectivity index (χ4v) is 2.86. The van der Waals surface area contributed by atoms with E-state index in [0.29, 0.717) is 10.3 Å². The zero-order valence-corrected chi connectivity index (χ0v) is 11.6. The van der Waals surface area contributed by atoms with Crippen LogP contribution in [-0.4, -0.2) is 16.2 Å². The first-order valence-electron chi connectivity index (χ1n) is 5.03. The smallest absolute Gasteiger partial charge is 0.189 e. The molecule has 17 heavy (non-hydrogen) atoms. The van der Waals surface area contributed by atoms with Gasteiger partial charge in [-0.15, -0.1) is 11.8 Å². The lowest BCUT2D eigenvalue weighted by molar-refractivity contribution is 0.894. The van der Waals surface area contributed by atoms with Gasteiger partial charge in [-0.05, 0) is 11.8 Å². The van der Waals surface area contributed by atoms with Gasteiger partial charge in [0, 0.05) is 11.8 Å². The van der Waals surface area contributed by atoms with Crippen LogP contribution in [0.5, 0.6) is 0 Å². The lowest BCUT2D eigenvalue weighted by atomic mass is 10.2. The zero-order chi connectivity index (χ0) is 12.1. The molecule has 1 aromatic carbocycles. The summed E-state index contributed by atoms with van der Waals surface area (Å²) >= 11 is 9.10. The maximum absolute atomic E-state index is 5.93. The highest BCUT2D eigenvalue weighted by Gasteiger charge is 2.03. The van der Waals surface area contributed by atoms with E-state index in [0.717, 1.165) is 10.8 Å². The van der Waals surface area contributed by atoms with Crippen LogP contribution in [0, 0.1) is 0 Å². The summed E-state index contributed by atoms with van der Waals surface area (Å²) in [5.74, 6) is 0.891. The Bertz CT molecular complexity index is 491. The molecule has 0 spiro atoms. The minimum absolute atomic E-state index is 0.500. The molecule has 0 bridgehead atoms. The fraction of sp³-hybridized carbons (Fsp3) is 0.167. The predicted molar refractivity (Wildman–Crippen MR) is 74.8 cm³/mol. The summed E-state index contributed by atoms with van der Waals surface area (Å²) < 4.78 is 0. The molecule has 0 amide bonds. The van der Waals surface area contributed by atoms with Crippen LogP contribution in [0.3, 0.4) is 0 Å². The summed E-state index contributed by atoms with van der Waals surface area (Å²) in [4.78, 5) is 8.51.